The molecule has 3 rings (SSSR count). The van der Waals surface area contributed by atoms with Gasteiger partial charge in [0.25, 0.3) is 5.56 Å². The highest BCUT2D eigenvalue weighted by Crippen LogP contribution is 2.40. The van der Waals surface area contributed by atoms with Crippen LogP contribution in [0.4, 0.5) is 0 Å². The van der Waals surface area contributed by atoms with Crippen molar-refractivity contribution in [2.24, 2.45) is 5.92 Å². The summed E-state index contributed by atoms with van der Waals surface area (Å²) < 4.78 is 6.61. The molecule has 2 aromatic rings. The third kappa shape index (κ3) is 2.91. The van der Waals surface area contributed by atoms with Gasteiger partial charge in [-0.15, -0.1) is 0 Å². The van der Waals surface area contributed by atoms with Crippen LogP contribution in [-0.2, 0) is 9.53 Å². The van der Waals surface area contributed by atoms with Crippen LogP contribution in [0.15, 0.2) is 35.3 Å². The topological polar surface area (TPSA) is 65.4 Å². The van der Waals surface area contributed by atoms with Crippen LogP contribution in [0.5, 0.6) is 0 Å². The average Bonchev–Trinajstić information content (AvgIpc) is 3.34. The highest BCUT2D eigenvalue weighted by atomic mass is 16.5. The van der Waals surface area contributed by atoms with Crippen molar-refractivity contribution in [1.29, 1.82) is 0 Å². The van der Waals surface area contributed by atoms with Crippen molar-refractivity contribution in [2.45, 2.75) is 32.7 Å². The lowest BCUT2D eigenvalue weighted by Gasteiger charge is -2.18. The fourth-order valence-corrected chi connectivity index (χ4v) is 2.87. The van der Waals surface area contributed by atoms with E-state index < -0.39 is 6.04 Å². The zero-order valence-corrected chi connectivity index (χ0v) is 13.2. The van der Waals surface area contributed by atoms with Gasteiger partial charge in [-0.2, -0.15) is 0 Å². The molecule has 0 aliphatic heterocycles. The molecular formula is C18H19NO4. The van der Waals surface area contributed by atoms with Gasteiger partial charge in [0.1, 0.15) is 6.04 Å². The number of hydrogen-bond donors (Lipinski definition) is 0. The number of benzene rings is 1. The summed E-state index contributed by atoms with van der Waals surface area (Å²) in [7, 11) is 0. The number of pyridine rings is 1. The molecule has 0 N–H and O–H groups in total. The van der Waals surface area contributed by atoms with Gasteiger partial charge >= 0.3 is 5.97 Å². The summed E-state index contributed by atoms with van der Waals surface area (Å²) in [4.78, 5) is 36.5. The van der Waals surface area contributed by atoms with E-state index in [1.165, 1.54) is 11.5 Å². The van der Waals surface area contributed by atoms with Crippen LogP contribution >= 0.6 is 0 Å². The number of esters is 1. The molecule has 0 saturated heterocycles. The number of fused-ring (bicyclic) bond motifs is 1. The number of aromatic nitrogens is 1. The highest BCUT2D eigenvalue weighted by Gasteiger charge is 2.39. The zero-order valence-electron chi connectivity index (χ0n) is 13.2. The van der Waals surface area contributed by atoms with Crippen LogP contribution in [0.3, 0.4) is 0 Å². The number of hydrogen-bond acceptors (Lipinski definition) is 4. The molecule has 5 heteroatoms. The fraction of sp³-hybridized carbons (Fsp3) is 0.389. The normalized spacial score (nSPS) is 15.4. The lowest BCUT2D eigenvalue weighted by Crippen LogP contribution is -2.32. The van der Waals surface area contributed by atoms with Gasteiger partial charge in [-0.25, -0.2) is 4.79 Å². The molecule has 1 unspecified atom stereocenters. The van der Waals surface area contributed by atoms with E-state index >= 15 is 0 Å². The second kappa shape index (κ2) is 5.99. The number of carbonyl (C=O) groups excluding carboxylic acids is 2. The Labute approximate surface area is 133 Å². The second-order valence-electron chi connectivity index (χ2n) is 5.92. The van der Waals surface area contributed by atoms with Crippen molar-refractivity contribution in [1.82, 2.24) is 4.57 Å². The van der Waals surface area contributed by atoms with Crippen LogP contribution in [0.25, 0.3) is 10.8 Å². The summed E-state index contributed by atoms with van der Waals surface area (Å²) in [5.74, 6) is -0.226. The minimum atomic E-state index is -0.556. The maximum atomic E-state index is 12.8. The van der Waals surface area contributed by atoms with E-state index in [-0.39, 0.29) is 23.2 Å². The second-order valence-corrected chi connectivity index (χ2v) is 5.92. The third-order valence-electron chi connectivity index (χ3n) is 4.23. The Hall–Kier alpha value is -2.43. The van der Waals surface area contributed by atoms with E-state index in [2.05, 4.69) is 0 Å². The Morgan fingerprint density at radius 1 is 1.30 bits per heavy atom. The number of nitrogens with zero attached hydrogens (tertiary/aromatic N) is 1. The van der Waals surface area contributed by atoms with Gasteiger partial charge in [-0.1, -0.05) is 6.07 Å². The number of ketones is 1. The van der Waals surface area contributed by atoms with Gasteiger partial charge < -0.3 is 9.30 Å². The molecule has 1 atom stereocenters. The molecule has 1 heterocycles. The molecular weight excluding hydrogens is 294 g/mol. The summed E-state index contributed by atoms with van der Waals surface area (Å²) in [6, 6.07) is 6.23. The van der Waals surface area contributed by atoms with Crippen molar-refractivity contribution >= 4 is 22.5 Å². The van der Waals surface area contributed by atoms with Crippen molar-refractivity contribution in [3.05, 3.63) is 46.4 Å². The Balaban J connectivity index is 2.09. The molecule has 1 fully saturated rings. The lowest BCUT2D eigenvalue weighted by atomic mass is 10.1. The van der Waals surface area contributed by atoms with E-state index in [9.17, 15) is 14.4 Å². The van der Waals surface area contributed by atoms with Gasteiger partial charge in [0.05, 0.1) is 6.61 Å². The molecule has 1 aromatic carbocycles. The van der Waals surface area contributed by atoms with E-state index in [0.717, 1.165) is 12.8 Å². The summed E-state index contributed by atoms with van der Waals surface area (Å²) in [6.45, 7) is 3.55. The van der Waals surface area contributed by atoms with E-state index in [1.807, 2.05) is 0 Å². The molecule has 5 nitrogen and oxygen atoms in total. The maximum absolute atomic E-state index is 12.8. The third-order valence-corrected chi connectivity index (χ3v) is 4.23. The first-order chi connectivity index (χ1) is 11.0. The standard InChI is InChI=1S/C18H19NO4/c1-3-23-18(22)16(12-4-5-12)19-9-8-14-10-13(11(2)20)6-7-15(14)17(19)21/h6-10,12,16H,3-5H2,1-2H3. The highest BCUT2D eigenvalue weighted by molar-refractivity contribution is 5.98. The number of carbonyl (C=O) groups is 2. The van der Waals surface area contributed by atoms with Gasteiger partial charge in [-0.3, -0.25) is 9.59 Å². The van der Waals surface area contributed by atoms with Crippen LogP contribution in [0, 0.1) is 5.92 Å². The molecule has 0 amide bonds. The zero-order chi connectivity index (χ0) is 16.6. The molecule has 1 aromatic heterocycles. The first kappa shape index (κ1) is 15.5. The Kier molecular flexibility index (Phi) is 4.03. The molecule has 23 heavy (non-hydrogen) atoms. The quantitative estimate of drug-likeness (QED) is 0.629. The molecule has 1 aliphatic carbocycles. The summed E-state index contributed by atoms with van der Waals surface area (Å²) in [6.07, 6.45) is 3.49. The first-order valence-corrected chi connectivity index (χ1v) is 7.85. The lowest BCUT2D eigenvalue weighted by molar-refractivity contribution is -0.148. The fourth-order valence-electron chi connectivity index (χ4n) is 2.87. The smallest absolute Gasteiger partial charge is 0.329 e. The van der Waals surface area contributed by atoms with Gasteiger partial charge in [0.15, 0.2) is 5.78 Å². The Morgan fingerprint density at radius 3 is 2.65 bits per heavy atom. The SMILES string of the molecule is CCOC(=O)C(C1CC1)n1ccc2cc(C(C)=O)ccc2c1=O. The summed E-state index contributed by atoms with van der Waals surface area (Å²) >= 11 is 0. The van der Waals surface area contributed by atoms with E-state index in [4.69, 9.17) is 4.74 Å². The molecule has 1 saturated carbocycles. The number of ether oxygens (including phenoxy) is 1. The van der Waals surface area contributed by atoms with Crippen LogP contribution in [0.2, 0.25) is 0 Å². The van der Waals surface area contributed by atoms with Crippen molar-refractivity contribution < 1.29 is 14.3 Å². The van der Waals surface area contributed by atoms with Crippen molar-refractivity contribution in [2.75, 3.05) is 6.61 Å². The first-order valence-electron chi connectivity index (χ1n) is 7.85. The average molecular weight is 313 g/mol. The van der Waals surface area contributed by atoms with Crippen molar-refractivity contribution in [3.63, 3.8) is 0 Å². The molecule has 0 radical (unpaired) electrons. The Morgan fingerprint density at radius 2 is 2.04 bits per heavy atom. The van der Waals surface area contributed by atoms with Crippen LogP contribution in [-0.4, -0.2) is 22.9 Å². The van der Waals surface area contributed by atoms with Gasteiger partial charge in [0, 0.05) is 17.1 Å². The van der Waals surface area contributed by atoms with E-state index in [0.29, 0.717) is 22.9 Å². The monoisotopic (exact) mass is 313 g/mol. The maximum Gasteiger partial charge on any atom is 0.329 e. The number of rotatable bonds is 5. The summed E-state index contributed by atoms with van der Waals surface area (Å²) in [5.41, 5.74) is 0.348. The van der Waals surface area contributed by atoms with Gasteiger partial charge in [0.2, 0.25) is 0 Å². The van der Waals surface area contributed by atoms with Crippen molar-refractivity contribution in [3.8, 4) is 0 Å². The largest absolute Gasteiger partial charge is 0.464 e. The van der Waals surface area contributed by atoms with E-state index in [1.54, 1.807) is 37.4 Å². The summed E-state index contributed by atoms with van der Waals surface area (Å²) in [5, 5.41) is 1.21. The minimum Gasteiger partial charge on any atom is -0.464 e. The van der Waals surface area contributed by atoms with Crippen LogP contribution in [0.1, 0.15) is 43.1 Å². The minimum absolute atomic E-state index is 0.0431. The molecule has 1 aliphatic rings. The number of Topliss-reactive ketones (excluding diaryl/α,β-unsaturated/α-hetero) is 1. The Bertz CT molecular complexity index is 833. The molecule has 120 valence electrons. The molecule has 0 spiro atoms. The predicted molar refractivity (Wildman–Crippen MR) is 86.6 cm³/mol. The van der Waals surface area contributed by atoms with Crippen LogP contribution < -0.4 is 5.56 Å². The van der Waals surface area contributed by atoms with Gasteiger partial charge in [-0.05, 0) is 56.2 Å². The molecule has 0 bridgehead atoms. The predicted octanol–water partition coefficient (Wildman–Crippen LogP) is 2.72.